The average Bonchev–Trinajstić information content (AvgIpc) is 3.82. The minimum Gasteiger partial charge on any atom is -0.493 e. The first-order valence-corrected chi connectivity index (χ1v) is 17.3. The number of methoxy groups -OCH3 is 2. The normalized spacial score (nSPS) is 10.7. The largest absolute Gasteiger partial charge is 0.493 e. The maximum absolute atomic E-state index is 5.91. The van der Waals surface area contributed by atoms with Gasteiger partial charge >= 0.3 is 0 Å². The maximum Gasteiger partial charge on any atom is 0.203 e. The number of rotatable bonds is 17. The van der Waals surface area contributed by atoms with Crippen LogP contribution in [0.3, 0.4) is 0 Å². The van der Waals surface area contributed by atoms with E-state index in [4.69, 9.17) is 14.2 Å². The zero-order chi connectivity index (χ0) is 32.2. The van der Waals surface area contributed by atoms with Crippen molar-refractivity contribution in [3.8, 4) is 17.2 Å². The summed E-state index contributed by atoms with van der Waals surface area (Å²) >= 11 is 3.53. The zero-order valence-corrected chi connectivity index (χ0v) is 30.2. The van der Waals surface area contributed by atoms with Crippen LogP contribution in [0.2, 0.25) is 0 Å². The Morgan fingerprint density at radius 3 is 1.56 bits per heavy atom. The SMILES string of the molecule is C/C=C\CC.C=C1CC1.CC.CC.CCCN(CCC)CCCCCCCCOc1c(OC)cccc1OC.CS. The lowest BCUT2D eigenvalue weighted by molar-refractivity contribution is 0.263. The fourth-order valence-corrected chi connectivity index (χ4v) is 3.57. The van der Waals surface area contributed by atoms with Gasteiger partial charge in [-0.05, 0) is 89.9 Å². The predicted octanol–water partition coefficient (Wildman–Crippen LogP) is 11.5. The van der Waals surface area contributed by atoms with Crippen molar-refractivity contribution in [1.29, 1.82) is 0 Å². The number of allylic oxidation sites excluding steroid dienone is 3. The van der Waals surface area contributed by atoms with Crippen molar-refractivity contribution in [1.82, 2.24) is 4.90 Å². The average molecular weight is 598 g/mol. The van der Waals surface area contributed by atoms with E-state index in [-0.39, 0.29) is 0 Å². The lowest BCUT2D eigenvalue weighted by atomic mass is 10.1. The number of para-hydroxylation sites is 1. The number of unbranched alkanes of at least 4 members (excludes halogenated alkanes) is 5. The van der Waals surface area contributed by atoms with Crippen molar-refractivity contribution in [2.24, 2.45) is 0 Å². The highest BCUT2D eigenvalue weighted by Crippen LogP contribution is 2.36. The summed E-state index contributed by atoms with van der Waals surface area (Å²) in [5.41, 5.74) is 1.42. The van der Waals surface area contributed by atoms with Crippen molar-refractivity contribution >= 4 is 12.6 Å². The van der Waals surface area contributed by atoms with Gasteiger partial charge in [0, 0.05) is 0 Å². The number of hydrogen-bond acceptors (Lipinski definition) is 5. The Kier molecular flexibility index (Phi) is 45.9. The first-order valence-electron chi connectivity index (χ1n) is 16.4. The van der Waals surface area contributed by atoms with Crippen LogP contribution < -0.4 is 14.2 Å². The van der Waals surface area contributed by atoms with E-state index in [1.54, 1.807) is 20.5 Å². The summed E-state index contributed by atoms with van der Waals surface area (Å²) in [5.74, 6) is 2.17. The first kappa shape index (κ1) is 46.4. The molecule has 0 atom stereocenters. The molecule has 1 aromatic rings. The van der Waals surface area contributed by atoms with Gasteiger partial charge in [-0.3, -0.25) is 0 Å². The molecule has 0 spiro atoms. The molecule has 0 radical (unpaired) electrons. The molecule has 0 aliphatic heterocycles. The number of benzene rings is 1. The Labute approximate surface area is 263 Å². The van der Waals surface area contributed by atoms with E-state index in [0.717, 1.165) is 24.3 Å². The summed E-state index contributed by atoms with van der Waals surface area (Å²) in [7, 11) is 3.31. The Balaban J connectivity index is -0.000000375. The number of nitrogens with zero attached hydrogens (tertiary/aromatic N) is 1. The second kappa shape index (κ2) is 40.5. The van der Waals surface area contributed by atoms with Crippen LogP contribution in [0.4, 0.5) is 0 Å². The molecule has 0 aromatic heterocycles. The molecule has 1 fully saturated rings. The zero-order valence-electron chi connectivity index (χ0n) is 29.3. The molecular formula is C36H71NO3S. The lowest BCUT2D eigenvalue weighted by Gasteiger charge is -2.20. The van der Waals surface area contributed by atoms with E-state index >= 15 is 0 Å². The van der Waals surface area contributed by atoms with Gasteiger partial charge in [0.05, 0.1) is 20.8 Å². The van der Waals surface area contributed by atoms with Crippen LogP contribution in [0.1, 0.15) is 126 Å². The Morgan fingerprint density at radius 2 is 1.22 bits per heavy atom. The van der Waals surface area contributed by atoms with Crippen LogP contribution in [0.15, 0.2) is 42.5 Å². The summed E-state index contributed by atoms with van der Waals surface area (Å²) in [4.78, 5) is 2.61. The molecule has 0 amide bonds. The minimum atomic E-state index is 0.706. The van der Waals surface area contributed by atoms with Gasteiger partial charge in [0.1, 0.15) is 0 Å². The smallest absolute Gasteiger partial charge is 0.203 e. The van der Waals surface area contributed by atoms with Crippen molar-refractivity contribution < 1.29 is 14.2 Å². The standard InChI is InChI=1S/C22H39NO3.C5H10.C4H6.2C2H6.CH4S/c1-5-16-23(17-6-2)18-11-9-7-8-10-12-19-26-22-20(24-3)14-13-15-21(22)25-4;1-3-5-4-2;1-4-2-3-4;3*1-2/h13-15H,5-12,16-19H2,1-4H3;3,5H,4H2,1-2H3;1-3H2;2*1-2H3;2H,1H3/b;5-3-;;;;. The third kappa shape index (κ3) is 32.8. The summed E-state index contributed by atoms with van der Waals surface area (Å²) < 4.78 is 16.6. The Hall–Kier alpha value is -1.59. The molecule has 2 rings (SSSR count). The van der Waals surface area contributed by atoms with E-state index in [9.17, 15) is 0 Å². The number of hydrogen-bond donors (Lipinski definition) is 1. The van der Waals surface area contributed by atoms with E-state index in [1.807, 2.05) is 52.8 Å². The Bertz CT molecular complexity index is 630. The van der Waals surface area contributed by atoms with Gasteiger partial charge in [-0.2, -0.15) is 12.6 Å². The summed E-state index contributed by atoms with van der Waals surface area (Å²) in [5, 5.41) is 0. The summed E-state index contributed by atoms with van der Waals surface area (Å²) in [6.45, 7) is 24.8. The summed E-state index contributed by atoms with van der Waals surface area (Å²) in [6, 6.07) is 5.71. The van der Waals surface area contributed by atoms with E-state index in [0.29, 0.717) is 12.4 Å². The first-order chi connectivity index (χ1) is 20.1. The van der Waals surface area contributed by atoms with Crippen molar-refractivity contribution in [3.63, 3.8) is 0 Å². The van der Waals surface area contributed by atoms with Crippen molar-refractivity contribution in [3.05, 3.63) is 42.5 Å². The van der Waals surface area contributed by atoms with Crippen LogP contribution in [-0.2, 0) is 0 Å². The predicted molar refractivity (Wildman–Crippen MR) is 191 cm³/mol. The fraction of sp³-hybridized carbons (Fsp3) is 0.722. The molecule has 1 aliphatic rings. The molecule has 4 nitrogen and oxygen atoms in total. The third-order valence-electron chi connectivity index (χ3n) is 5.65. The van der Waals surface area contributed by atoms with Gasteiger partial charge in [-0.1, -0.05) is 105 Å². The molecule has 0 heterocycles. The van der Waals surface area contributed by atoms with Crippen LogP contribution in [-0.4, -0.2) is 51.6 Å². The van der Waals surface area contributed by atoms with Crippen LogP contribution in [0.5, 0.6) is 17.2 Å². The summed E-state index contributed by atoms with van der Waals surface area (Å²) in [6.07, 6.45) is 19.7. The highest BCUT2D eigenvalue weighted by atomic mass is 32.1. The molecule has 1 aromatic carbocycles. The third-order valence-corrected chi connectivity index (χ3v) is 5.65. The molecule has 244 valence electrons. The fourth-order valence-electron chi connectivity index (χ4n) is 3.57. The number of ether oxygens (including phenoxy) is 3. The topological polar surface area (TPSA) is 30.9 Å². The van der Waals surface area contributed by atoms with Gasteiger partial charge in [-0.15, -0.1) is 0 Å². The molecule has 0 saturated heterocycles. The molecule has 0 bridgehead atoms. The van der Waals surface area contributed by atoms with Crippen LogP contribution >= 0.6 is 12.6 Å². The highest BCUT2D eigenvalue weighted by Gasteiger charge is 2.10. The molecule has 0 N–H and O–H groups in total. The van der Waals surface area contributed by atoms with E-state index in [2.05, 4.69) is 57.0 Å². The van der Waals surface area contributed by atoms with Crippen LogP contribution in [0.25, 0.3) is 0 Å². The van der Waals surface area contributed by atoms with Gasteiger partial charge in [0.25, 0.3) is 0 Å². The van der Waals surface area contributed by atoms with Crippen LogP contribution in [0, 0.1) is 0 Å². The quantitative estimate of drug-likeness (QED) is 0.110. The molecule has 5 heteroatoms. The monoisotopic (exact) mass is 598 g/mol. The minimum absolute atomic E-state index is 0.706. The van der Waals surface area contributed by atoms with Crippen molar-refractivity contribution in [2.45, 2.75) is 126 Å². The van der Waals surface area contributed by atoms with E-state index < -0.39 is 0 Å². The molecule has 0 unspecified atom stereocenters. The van der Waals surface area contributed by atoms with E-state index in [1.165, 1.54) is 83.0 Å². The Morgan fingerprint density at radius 1 is 0.780 bits per heavy atom. The van der Waals surface area contributed by atoms with Gasteiger partial charge < -0.3 is 19.1 Å². The molecule has 1 saturated carbocycles. The maximum atomic E-state index is 5.91. The molecule has 1 aliphatic carbocycles. The molecule has 41 heavy (non-hydrogen) atoms. The second-order valence-corrected chi connectivity index (χ2v) is 9.03. The van der Waals surface area contributed by atoms with Gasteiger partial charge in [0.15, 0.2) is 11.5 Å². The second-order valence-electron chi connectivity index (χ2n) is 9.03. The molecular weight excluding hydrogens is 526 g/mol. The van der Waals surface area contributed by atoms with Gasteiger partial charge in [0.2, 0.25) is 5.75 Å². The van der Waals surface area contributed by atoms with Crippen molar-refractivity contribution in [2.75, 3.05) is 46.7 Å². The lowest BCUT2D eigenvalue weighted by Crippen LogP contribution is -2.26. The highest BCUT2D eigenvalue weighted by molar-refractivity contribution is 7.79. The number of thiol groups is 1. The van der Waals surface area contributed by atoms with Gasteiger partial charge in [-0.25, -0.2) is 0 Å².